The van der Waals surface area contributed by atoms with Gasteiger partial charge in [0.15, 0.2) is 0 Å². The summed E-state index contributed by atoms with van der Waals surface area (Å²) in [6.45, 7) is 8.92. The lowest BCUT2D eigenvalue weighted by Crippen LogP contribution is -2.17. The lowest BCUT2D eigenvalue weighted by atomic mass is 10.0. The average Bonchev–Trinajstić information content (AvgIpc) is 2.88. The number of hydrogen-bond acceptors (Lipinski definition) is 2. The SMILES string of the molecule is CCNCC1C(c2ccc(OC)c(Cl)c2)C1(C)C. The molecule has 1 saturated carbocycles. The zero-order chi connectivity index (χ0) is 13.3. The van der Waals surface area contributed by atoms with Gasteiger partial charge in [0.1, 0.15) is 5.75 Å². The summed E-state index contributed by atoms with van der Waals surface area (Å²) in [7, 11) is 1.65. The number of benzene rings is 1. The van der Waals surface area contributed by atoms with E-state index in [1.807, 2.05) is 6.07 Å². The predicted molar refractivity (Wildman–Crippen MR) is 76.6 cm³/mol. The van der Waals surface area contributed by atoms with Gasteiger partial charge in [-0.2, -0.15) is 0 Å². The smallest absolute Gasteiger partial charge is 0.137 e. The summed E-state index contributed by atoms with van der Waals surface area (Å²) in [5.41, 5.74) is 1.69. The third-order valence-electron chi connectivity index (χ3n) is 4.20. The number of rotatable bonds is 5. The first kappa shape index (κ1) is 13.7. The highest BCUT2D eigenvalue weighted by atomic mass is 35.5. The molecule has 0 radical (unpaired) electrons. The topological polar surface area (TPSA) is 21.3 Å². The minimum absolute atomic E-state index is 0.361. The highest BCUT2D eigenvalue weighted by Gasteiger charge is 2.57. The Kier molecular flexibility index (Phi) is 3.88. The van der Waals surface area contributed by atoms with Crippen LogP contribution in [0.4, 0.5) is 0 Å². The Labute approximate surface area is 115 Å². The van der Waals surface area contributed by atoms with E-state index in [1.165, 1.54) is 5.56 Å². The van der Waals surface area contributed by atoms with E-state index in [9.17, 15) is 0 Å². The summed E-state index contributed by atoms with van der Waals surface area (Å²) < 4.78 is 5.20. The molecule has 100 valence electrons. The predicted octanol–water partition coefficient (Wildman–Crippen LogP) is 3.70. The zero-order valence-electron chi connectivity index (χ0n) is 11.6. The molecule has 0 amide bonds. The van der Waals surface area contributed by atoms with E-state index in [0.29, 0.717) is 22.3 Å². The van der Waals surface area contributed by atoms with Crippen LogP contribution in [0.15, 0.2) is 18.2 Å². The molecule has 2 unspecified atom stereocenters. The summed E-state index contributed by atoms with van der Waals surface area (Å²) in [5.74, 6) is 2.05. The highest BCUT2D eigenvalue weighted by Crippen LogP contribution is 2.64. The maximum atomic E-state index is 6.21. The van der Waals surface area contributed by atoms with Gasteiger partial charge in [-0.1, -0.05) is 38.4 Å². The van der Waals surface area contributed by atoms with E-state index in [4.69, 9.17) is 16.3 Å². The number of hydrogen-bond donors (Lipinski definition) is 1. The molecular weight excluding hydrogens is 246 g/mol. The standard InChI is InChI=1S/C15H22ClNO/c1-5-17-9-11-14(15(11,2)3)10-6-7-13(18-4)12(16)8-10/h6-8,11,14,17H,5,9H2,1-4H3. The van der Waals surface area contributed by atoms with Crippen molar-refractivity contribution in [1.82, 2.24) is 5.32 Å². The largest absolute Gasteiger partial charge is 0.495 e. The fourth-order valence-electron chi connectivity index (χ4n) is 2.96. The molecule has 2 atom stereocenters. The molecule has 2 rings (SSSR count). The van der Waals surface area contributed by atoms with Crippen LogP contribution in [0.1, 0.15) is 32.3 Å². The summed E-state index contributed by atoms with van der Waals surface area (Å²) in [4.78, 5) is 0. The van der Waals surface area contributed by atoms with Crippen LogP contribution in [-0.4, -0.2) is 20.2 Å². The van der Waals surface area contributed by atoms with E-state index in [-0.39, 0.29) is 0 Å². The molecule has 0 aromatic heterocycles. The maximum Gasteiger partial charge on any atom is 0.137 e. The molecule has 18 heavy (non-hydrogen) atoms. The van der Waals surface area contributed by atoms with Crippen LogP contribution in [0.3, 0.4) is 0 Å². The Hall–Kier alpha value is -0.730. The van der Waals surface area contributed by atoms with E-state index in [2.05, 4.69) is 38.2 Å². The fourth-order valence-corrected chi connectivity index (χ4v) is 3.23. The average molecular weight is 268 g/mol. The summed E-state index contributed by atoms with van der Waals surface area (Å²) in [6.07, 6.45) is 0. The molecule has 0 bridgehead atoms. The van der Waals surface area contributed by atoms with Crippen molar-refractivity contribution in [3.05, 3.63) is 28.8 Å². The first-order valence-corrected chi connectivity index (χ1v) is 6.94. The molecule has 1 aromatic carbocycles. The molecule has 2 nitrogen and oxygen atoms in total. The van der Waals surface area contributed by atoms with Crippen molar-refractivity contribution in [2.24, 2.45) is 11.3 Å². The number of methoxy groups -OCH3 is 1. The van der Waals surface area contributed by atoms with Crippen LogP contribution in [-0.2, 0) is 0 Å². The lowest BCUT2D eigenvalue weighted by Gasteiger charge is -2.07. The normalized spacial score (nSPS) is 24.9. The van der Waals surface area contributed by atoms with Crippen molar-refractivity contribution < 1.29 is 4.74 Å². The number of nitrogens with one attached hydrogen (secondary N) is 1. The summed E-state index contributed by atoms with van der Waals surface area (Å²) in [5, 5.41) is 4.15. The quantitative estimate of drug-likeness (QED) is 0.878. The first-order chi connectivity index (χ1) is 8.52. The van der Waals surface area contributed by atoms with Gasteiger partial charge >= 0.3 is 0 Å². The molecule has 0 spiro atoms. The van der Waals surface area contributed by atoms with Gasteiger partial charge in [0, 0.05) is 0 Å². The van der Waals surface area contributed by atoms with Gasteiger partial charge in [0.2, 0.25) is 0 Å². The fraction of sp³-hybridized carbons (Fsp3) is 0.600. The molecule has 0 aliphatic heterocycles. The summed E-state index contributed by atoms with van der Waals surface area (Å²) >= 11 is 6.21. The van der Waals surface area contributed by atoms with Crippen LogP contribution in [0.2, 0.25) is 5.02 Å². The molecular formula is C15H22ClNO. The highest BCUT2D eigenvalue weighted by molar-refractivity contribution is 6.32. The van der Waals surface area contributed by atoms with Crippen molar-refractivity contribution in [1.29, 1.82) is 0 Å². The van der Waals surface area contributed by atoms with E-state index >= 15 is 0 Å². The van der Waals surface area contributed by atoms with Gasteiger partial charge in [-0.15, -0.1) is 0 Å². The van der Waals surface area contributed by atoms with Crippen molar-refractivity contribution in [2.75, 3.05) is 20.2 Å². The second-order valence-electron chi connectivity index (χ2n) is 5.61. The molecule has 1 N–H and O–H groups in total. The maximum absolute atomic E-state index is 6.21. The second kappa shape index (κ2) is 5.10. The Morgan fingerprint density at radius 1 is 1.39 bits per heavy atom. The Balaban J connectivity index is 2.15. The van der Waals surface area contributed by atoms with Crippen molar-refractivity contribution in [3.8, 4) is 5.75 Å². The molecule has 1 aromatic rings. The van der Waals surface area contributed by atoms with Gasteiger partial charge in [-0.05, 0) is 48.0 Å². The van der Waals surface area contributed by atoms with E-state index < -0.39 is 0 Å². The van der Waals surface area contributed by atoms with E-state index in [0.717, 1.165) is 18.8 Å². The molecule has 3 heteroatoms. The Bertz CT molecular complexity index is 431. The van der Waals surface area contributed by atoms with Gasteiger partial charge < -0.3 is 10.1 Å². The minimum Gasteiger partial charge on any atom is -0.495 e. The van der Waals surface area contributed by atoms with Crippen molar-refractivity contribution in [2.45, 2.75) is 26.7 Å². The molecule has 1 fully saturated rings. The van der Waals surface area contributed by atoms with Crippen LogP contribution < -0.4 is 10.1 Å². The first-order valence-electron chi connectivity index (χ1n) is 6.56. The monoisotopic (exact) mass is 267 g/mol. The third kappa shape index (κ3) is 2.36. The van der Waals surface area contributed by atoms with Crippen LogP contribution in [0, 0.1) is 11.3 Å². The molecule has 1 aliphatic rings. The molecule has 0 saturated heterocycles. The number of ether oxygens (including phenoxy) is 1. The number of halogens is 1. The Morgan fingerprint density at radius 2 is 2.11 bits per heavy atom. The van der Waals surface area contributed by atoms with Crippen LogP contribution in [0.25, 0.3) is 0 Å². The zero-order valence-corrected chi connectivity index (χ0v) is 12.3. The summed E-state index contributed by atoms with van der Waals surface area (Å²) in [6, 6.07) is 6.16. The third-order valence-corrected chi connectivity index (χ3v) is 4.50. The van der Waals surface area contributed by atoms with Crippen LogP contribution in [0.5, 0.6) is 5.75 Å². The van der Waals surface area contributed by atoms with Crippen molar-refractivity contribution >= 4 is 11.6 Å². The lowest BCUT2D eigenvalue weighted by molar-refractivity contribution is 0.415. The van der Waals surface area contributed by atoms with Gasteiger partial charge in [-0.25, -0.2) is 0 Å². The molecule has 0 heterocycles. The Morgan fingerprint density at radius 3 is 2.67 bits per heavy atom. The minimum atomic E-state index is 0.361. The second-order valence-corrected chi connectivity index (χ2v) is 6.01. The van der Waals surface area contributed by atoms with Gasteiger partial charge in [0.25, 0.3) is 0 Å². The van der Waals surface area contributed by atoms with E-state index in [1.54, 1.807) is 7.11 Å². The van der Waals surface area contributed by atoms with Crippen molar-refractivity contribution in [3.63, 3.8) is 0 Å². The van der Waals surface area contributed by atoms with Gasteiger partial charge in [-0.3, -0.25) is 0 Å². The van der Waals surface area contributed by atoms with Crippen LogP contribution >= 0.6 is 11.6 Å². The van der Waals surface area contributed by atoms with Gasteiger partial charge in [0.05, 0.1) is 12.1 Å². The molecule has 1 aliphatic carbocycles.